The molecule has 2 fully saturated rings. The molecule has 10 heavy (non-hydrogen) atoms. The van der Waals surface area contributed by atoms with Crippen molar-refractivity contribution in [3.05, 3.63) is 0 Å². The summed E-state index contributed by atoms with van der Waals surface area (Å²) in [6.45, 7) is 3.30. The second kappa shape index (κ2) is 2.23. The molecule has 1 saturated carbocycles. The molecule has 0 N–H and O–H groups in total. The molecule has 0 radical (unpaired) electrons. The molecule has 1 atom stereocenters. The van der Waals surface area contributed by atoms with Crippen molar-refractivity contribution in [2.24, 2.45) is 5.92 Å². The maximum atomic E-state index is 5.81. The Labute approximate surface area is 62.8 Å². The van der Waals surface area contributed by atoms with Crippen LogP contribution in [0.4, 0.5) is 0 Å². The first kappa shape index (κ1) is 6.66. The fourth-order valence-electron chi connectivity index (χ4n) is 1.95. The van der Waals surface area contributed by atoms with Crippen LogP contribution in [0.3, 0.4) is 0 Å². The van der Waals surface area contributed by atoms with Crippen molar-refractivity contribution >= 4 is 0 Å². The zero-order valence-electron chi connectivity index (χ0n) is 6.73. The largest absolute Gasteiger partial charge is 0.375 e. The molecule has 0 aromatic carbocycles. The molecule has 0 bridgehead atoms. The third kappa shape index (κ3) is 0.968. The molecule has 1 saturated heterocycles. The molecular weight excluding hydrogens is 124 g/mol. The van der Waals surface area contributed by atoms with E-state index in [-0.39, 0.29) is 0 Å². The number of ether oxygens (including phenoxy) is 1. The third-order valence-corrected chi connectivity index (χ3v) is 3.03. The van der Waals surface area contributed by atoms with Crippen molar-refractivity contribution in [2.45, 2.75) is 44.6 Å². The summed E-state index contributed by atoms with van der Waals surface area (Å²) in [4.78, 5) is 0. The first-order chi connectivity index (χ1) is 4.81. The molecule has 1 nitrogen and oxygen atoms in total. The van der Waals surface area contributed by atoms with E-state index in [9.17, 15) is 0 Å². The van der Waals surface area contributed by atoms with Gasteiger partial charge in [-0.2, -0.15) is 0 Å². The van der Waals surface area contributed by atoms with Crippen LogP contribution in [0.1, 0.15) is 39.0 Å². The van der Waals surface area contributed by atoms with Gasteiger partial charge in [-0.1, -0.05) is 6.92 Å². The predicted octanol–water partition coefficient (Wildman–Crippen LogP) is 2.36. The van der Waals surface area contributed by atoms with E-state index < -0.39 is 0 Å². The summed E-state index contributed by atoms with van der Waals surface area (Å²) in [6, 6.07) is 0. The van der Waals surface area contributed by atoms with Gasteiger partial charge < -0.3 is 4.74 Å². The van der Waals surface area contributed by atoms with E-state index in [0.29, 0.717) is 5.60 Å². The minimum Gasteiger partial charge on any atom is -0.375 e. The van der Waals surface area contributed by atoms with Crippen LogP contribution >= 0.6 is 0 Å². The lowest BCUT2D eigenvalue weighted by Gasteiger charge is -2.46. The minimum atomic E-state index is 0.381. The van der Waals surface area contributed by atoms with Crippen LogP contribution in [-0.4, -0.2) is 12.2 Å². The van der Waals surface area contributed by atoms with Crippen LogP contribution in [0.5, 0.6) is 0 Å². The average molecular weight is 140 g/mol. The van der Waals surface area contributed by atoms with Crippen LogP contribution in [0.2, 0.25) is 0 Å². The molecule has 0 aromatic heterocycles. The highest BCUT2D eigenvalue weighted by molar-refractivity contribution is 4.92. The molecule has 0 aromatic rings. The fourth-order valence-corrected chi connectivity index (χ4v) is 1.95. The van der Waals surface area contributed by atoms with Crippen molar-refractivity contribution in [3.63, 3.8) is 0 Å². The van der Waals surface area contributed by atoms with E-state index in [2.05, 4.69) is 6.92 Å². The standard InChI is InChI=1S/C9H16O/c1-8-3-6-9(10-7-8)4-2-5-9/h8H,2-7H2,1H3/t8-/m1/s1. The molecule has 1 aliphatic carbocycles. The van der Waals surface area contributed by atoms with Gasteiger partial charge in [-0.3, -0.25) is 0 Å². The molecule has 1 heteroatoms. The lowest BCUT2D eigenvalue weighted by atomic mass is 9.74. The first-order valence-electron chi connectivity index (χ1n) is 4.45. The van der Waals surface area contributed by atoms with Crippen molar-refractivity contribution in [3.8, 4) is 0 Å². The second-order valence-electron chi connectivity index (χ2n) is 3.99. The molecule has 1 heterocycles. The zero-order chi connectivity index (χ0) is 7.03. The van der Waals surface area contributed by atoms with Gasteiger partial charge in [0.15, 0.2) is 0 Å². The number of rotatable bonds is 0. The second-order valence-corrected chi connectivity index (χ2v) is 3.99. The first-order valence-corrected chi connectivity index (χ1v) is 4.45. The Hall–Kier alpha value is -0.0400. The van der Waals surface area contributed by atoms with Gasteiger partial charge in [0.2, 0.25) is 0 Å². The third-order valence-electron chi connectivity index (χ3n) is 3.03. The van der Waals surface area contributed by atoms with Gasteiger partial charge in [0.05, 0.1) is 5.60 Å². The highest BCUT2D eigenvalue weighted by Crippen LogP contribution is 2.43. The fraction of sp³-hybridized carbons (Fsp3) is 1.00. The normalized spacial score (nSPS) is 37.5. The smallest absolute Gasteiger partial charge is 0.0682 e. The number of hydrogen-bond acceptors (Lipinski definition) is 1. The van der Waals surface area contributed by atoms with Crippen LogP contribution in [0.25, 0.3) is 0 Å². The van der Waals surface area contributed by atoms with Gasteiger partial charge in [0.1, 0.15) is 0 Å². The quantitative estimate of drug-likeness (QED) is 0.502. The van der Waals surface area contributed by atoms with E-state index >= 15 is 0 Å². The van der Waals surface area contributed by atoms with E-state index in [4.69, 9.17) is 4.74 Å². The SMILES string of the molecule is C[C@@H]1CCC2(CCC2)OC1. The highest BCUT2D eigenvalue weighted by atomic mass is 16.5. The lowest BCUT2D eigenvalue weighted by Crippen LogP contribution is -2.44. The Balaban J connectivity index is 1.90. The van der Waals surface area contributed by atoms with E-state index in [1.807, 2.05) is 0 Å². The molecule has 0 amide bonds. The van der Waals surface area contributed by atoms with Gasteiger partial charge in [0, 0.05) is 6.61 Å². The molecule has 1 aliphatic heterocycles. The van der Waals surface area contributed by atoms with Gasteiger partial charge in [-0.15, -0.1) is 0 Å². The van der Waals surface area contributed by atoms with Crippen LogP contribution < -0.4 is 0 Å². The monoisotopic (exact) mass is 140 g/mol. The summed E-state index contributed by atoms with van der Waals surface area (Å²) >= 11 is 0. The van der Waals surface area contributed by atoms with Gasteiger partial charge >= 0.3 is 0 Å². The molecule has 2 aliphatic rings. The van der Waals surface area contributed by atoms with Gasteiger partial charge in [0.25, 0.3) is 0 Å². The Morgan fingerprint density at radius 3 is 2.50 bits per heavy atom. The average Bonchev–Trinajstić information content (AvgIpc) is 1.86. The summed E-state index contributed by atoms with van der Waals surface area (Å²) in [5, 5.41) is 0. The lowest BCUT2D eigenvalue weighted by molar-refractivity contribution is -0.142. The highest BCUT2D eigenvalue weighted by Gasteiger charge is 2.40. The Bertz CT molecular complexity index is 117. The van der Waals surface area contributed by atoms with E-state index in [0.717, 1.165) is 12.5 Å². The summed E-state index contributed by atoms with van der Waals surface area (Å²) in [7, 11) is 0. The van der Waals surface area contributed by atoms with Crippen LogP contribution in [-0.2, 0) is 4.74 Å². The van der Waals surface area contributed by atoms with Gasteiger partial charge in [-0.05, 0) is 38.0 Å². The maximum Gasteiger partial charge on any atom is 0.0682 e. The van der Waals surface area contributed by atoms with Gasteiger partial charge in [-0.25, -0.2) is 0 Å². The topological polar surface area (TPSA) is 9.23 Å². The van der Waals surface area contributed by atoms with Crippen LogP contribution in [0, 0.1) is 5.92 Å². The minimum absolute atomic E-state index is 0.381. The molecule has 0 unspecified atom stereocenters. The molecule has 2 rings (SSSR count). The zero-order valence-corrected chi connectivity index (χ0v) is 6.73. The summed E-state index contributed by atoms with van der Waals surface area (Å²) < 4.78 is 5.81. The summed E-state index contributed by atoms with van der Waals surface area (Å²) in [5.41, 5.74) is 0.381. The maximum absolute atomic E-state index is 5.81. The van der Waals surface area contributed by atoms with Crippen LogP contribution in [0.15, 0.2) is 0 Å². The summed E-state index contributed by atoms with van der Waals surface area (Å²) in [6.07, 6.45) is 6.78. The van der Waals surface area contributed by atoms with Crippen molar-refractivity contribution in [1.29, 1.82) is 0 Å². The van der Waals surface area contributed by atoms with Crippen molar-refractivity contribution in [2.75, 3.05) is 6.61 Å². The Morgan fingerprint density at radius 1 is 1.30 bits per heavy atom. The molecule has 1 spiro atoms. The van der Waals surface area contributed by atoms with E-state index in [1.54, 1.807) is 0 Å². The van der Waals surface area contributed by atoms with Crippen molar-refractivity contribution < 1.29 is 4.74 Å². The number of hydrogen-bond donors (Lipinski definition) is 0. The molecule has 58 valence electrons. The Morgan fingerprint density at radius 2 is 2.10 bits per heavy atom. The van der Waals surface area contributed by atoms with Crippen molar-refractivity contribution in [1.82, 2.24) is 0 Å². The molecular formula is C9H16O. The Kier molecular flexibility index (Phi) is 1.48. The predicted molar refractivity (Wildman–Crippen MR) is 40.9 cm³/mol. The van der Waals surface area contributed by atoms with E-state index in [1.165, 1.54) is 32.1 Å². The summed E-state index contributed by atoms with van der Waals surface area (Å²) in [5.74, 6) is 0.811.